The Morgan fingerprint density at radius 2 is 2.24 bits per heavy atom. The Hall–Kier alpha value is -1.34. The molecule has 3 N–H and O–H groups in total. The largest absolute Gasteiger partial charge is 0.397 e. The third-order valence-corrected chi connectivity index (χ3v) is 3.26. The van der Waals surface area contributed by atoms with Crippen LogP contribution in [-0.2, 0) is 14.8 Å². The second kappa shape index (κ2) is 5.83. The van der Waals surface area contributed by atoms with Crippen LogP contribution in [0.3, 0.4) is 0 Å². The molecule has 6 nitrogen and oxygen atoms in total. The van der Waals surface area contributed by atoms with E-state index in [1.165, 1.54) is 6.20 Å². The minimum atomic E-state index is -3.42. The SMILES string of the molecule is CCOCCS(=O)(=O)Nc1ncc(N)cc1C. The summed E-state index contributed by atoms with van der Waals surface area (Å²) in [4.78, 5) is 3.94. The molecule has 0 aliphatic heterocycles. The molecule has 96 valence electrons. The number of anilines is 2. The Bertz CT molecular complexity index is 474. The number of aromatic nitrogens is 1. The van der Waals surface area contributed by atoms with Crippen LogP contribution in [0, 0.1) is 6.92 Å². The van der Waals surface area contributed by atoms with Gasteiger partial charge in [-0.25, -0.2) is 13.4 Å². The molecule has 0 aliphatic carbocycles. The second-order valence-electron chi connectivity index (χ2n) is 3.55. The van der Waals surface area contributed by atoms with E-state index in [2.05, 4.69) is 9.71 Å². The van der Waals surface area contributed by atoms with Gasteiger partial charge in [0.1, 0.15) is 5.82 Å². The van der Waals surface area contributed by atoms with Crippen molar-refractivity contribution in [2.24, 2.45) is 0 Å². The number of pyridine rings is 1. The topological polar surface area (TPSA) is 94.3 Å². The molecule has 0 aliphatic rings. The summed E-state index contributed by atoms with van der Waals surface area (Å²) in [5.74, 6) is 0.211. The monoisotopic (exact) mass is 259 g/mol. The first kappa shape index (κ1) is 13.7. The third kappa shape index (κ3) is 4.58. The fourth-order valence-electron chi connectivity index (χ4n) is 1.21. The first-order valence-electron chi connectivity index (χ1n) is 5.25. The lowest BCUT2D eigenvalue weighted by Crippen LogP contribution is -2.21. The van der Waals surface area contributed by atoms with E-state index < -0.39 is 10.0 Å². The van der Waals surface area contributed by atoms with E-state index in [0.29, 0.717) is 23.7 Å². The molecular weight excluding hydrogens is 242 g/mol. The maximum atomic E-state index is 11.6. The molecular formula is C10H17N3O3S. The van der Waals surface area contributed by atoms with Crippen LogP contribution in [0.4, 0.5) is 11.5 Å². The van der Waals surface area contributed by atoms with Gasteiger partial charge in [-0.2, -0.15) is 0 Å². The lowest BCUT2D eigenvalue weighted by atomic mass is 10.3. The average Bonchev–Trinajstić information content (AvgIpc) is 2.22. The lowest BCUT2D eigenvalue weighted by Gasteiger charge is -2.09. The molecule has 1 heterocycles. The number of ether oxygens (including phenoxy) is 1. The summed E-state index contributed by atoms with van der Waals surface area (Å²) in [6.07, 6.45) is 1.41. The Labute approximate surface area is 101 Å². The van der Waals surface area contributed by atoms with Crippen LogP contribution < -0.4 is 10.5 Å². The van der Waals surface area contributed by atoms with Crippen molar-refractivity contribution in [2.75, 3.05) is 29.4 Å². The van der Waals surface area contributed by atoms with Gasteiger partial charge in [-0.05, 0) is 25.5 Å². The van der Waals surface area contributed by atoms with Crippen LogP contribution >= 0.6 is 0 Å². The van der Waals surface area contributed by atoms with Crippen LogP contribution in [0.25, 0.3) is 0 Å². The number of aryl methyl sites for hydroxylation is 1. The van der Waals surface area contributed by atoms with Crippen molar-refractivity contribution in [1.82, 2.24) is 4.98 Å². The first-order valence-corrected chi connectivity index (χ1v) is 6.90. The van der Waals surface area contributed by atoms with E-state index in [1.54, 1.807) is 13.0 Å². The fraction of sp³-hybridized carbons (Fsp3) is 0.500. The predicted octanol–water partition coefficient (Wildman–Crippen LogP) is 0.750. The van der Waals surface area contributed by atoms with Gasteiger partial charge in [0.15, 0.2) is 0 Å². The Balaban J connectivity index is 2.69. The van der Waals surface area contributed by atoms with Gasteiger partial charge < -0.3 is 10.5 Å². The van der Waals surface area contributed by atoms with Gasteiger partial charge in [0, 0.05) is 6.61 Å². The summed E-state index contributed by atoms with van der Waals surface area (Å²) in [6, 6.07) is 1.66. The van der Waals surface area contributed by atoms with Crippen molar-refractivity contribution in [1.29, 1.82) is 0 Å². The molecule has 1 rings (SSSR count). The number of nitrogen functional groups attached to an aromatic ring is 1. The average molecular weight is 259 g/mol. The summed E-state index contributed by atoms with van der Waals surface area (Å²) in [5.41, 5.74) is 6.71. The number of hydrogen-bond donors (Lipinski definition) is 2. The van der Waals surface area contributed by atoms with Gasteiger partial charge in [-0.15, -0.1) is 0 Å². The number of rotatable bonds is 6. The van der Waals surface area contributed by atoms with E-state index in [1.807, 2.05) is 6.92 Å². The van der Waals surface area contributed by atoms with Gasteiger partial charge in [-0.3, -0.25) is 4.72 Å². The van der Waals surface area contributed by atoms with Crippen LogP contribution in [0.5, 0.6) is 0 Å². The van der Waals surface area contributed by atoms with E-state index in [4.69, 9.17) is 10.5 Å². The van der Waals surface area contributed by atoms with Gasteiger partial charge in [0.25, 0.3) is 0 Å². The van der Waals surface area contributed by atoms with Gasteiger partial charge in [-0.1, -0.05) is 0 Å². The van der Waals surface area contributed by atoms with Crippen LogP contribution in [0.15, 0.2) is 12.3 Å². The summed E-state index contributed by atoms with van der Waals surface area (Å²) in [7, 11) is -3.42. The van der Waals surface area contributed by atoms with Crippen molar-refractivity contribution < 1.29 is 13.2 Å². The second-order valence-corrected chi connectivity index (χ2v) is 5.39. The van der Waals surface area contributed by atoms with Crippen LogP contribution in [-0.4, -0.2) is 32.4 Å². The van der Waals surface area contributed by atoms with Crippen molar-refractivity contribution >= 4 is 21.5 Å². The van der Waals surface area contributed by atoms with Crippen LogP contribution in [0.2, 0.25) is 0 Å². The highest BCUT2D eigenvalue weighted by Gasteiger charge is 2.12. The lowest BCUT2D eigenvalue weighted by molar-refractivity contribution is 0.163. The van der Waals surface area contributed by atoms with Gasteiger partial charge in [0.2, 0.25) is 10.0 Å². The number of sulfonamides is 1. The Kier molecular flexibility index (Phi) is 4.71. The Morgan fingerprint density at radius 3 is 2.82 bits per heavy atom. The Morgan fingerprint density at radius 1 is 1.53 bits per heavy atom. The zero-order chi connectivity index (χ0) is 12.9. The number of nitrogens with zero attached hydrogens (tertiary/aromatic N) is 1. The summed E-state index contributed by atoms with van der Waals surface area (Å²) in [6.45, 7) is 4.21. The minimum absolute atomic E-state index is 0.0909. The van der Waals surface area contributed by atoms with Crippen LogP contribution in [0.1, 0.15) is 12.5 Å². The molecule has 0 saturated carbocycles. The molecule has 0 saturated heterocycles. The maximum absolute atomic E-state index is 11.6. The normalized spacial score (nSPS) is 11.4. The van der Waals surface area contributed by atoms with E-state index >= 15 is 0 Å². The molecule has 1 aromatic rings. The molecule has 0 spiro atoms. The highest BCUT2D eigenvalue weighted by Crippen LogP contribution is 2.15. The standard InChI is InChI=1S/C10H17N3O3S/c1-3-16-4-5-17(14,15)13-10-8(2)6-9(11)7-12-10/h6-7H,3-5,11H2,1-2H3,(H,12,13). The highest BCUT2D eigenvalue weighted by atomic mass is 32.2. The van der Waals surface area contributed by atoms with E-state index in [0.717, 1.165) is 0 Å². The molecule has 0 aromatic carbocycles. The molecule has 17 heavy (non-hydrogen) atoms. The van der Waals surface area contributed by atoms with Crippen molar-refractivity contribution in [3.05, 3.63) is 17.8 Å². The van der Waals surface area contributed by atoms with Crippen molar-refractivity contribution in [3.63, 3.8) is 0 Å². The molecule has 1 aromatic heterocycles. The maximum Gasteiger partial charge on any atom is 0.236 e. The smallest absolute Gasteiger partial charge is 0.236 e. The molecule has 0 fully saturated rings. The highest BCUT2D eigenvalue weighted by molar-refractivity contribution is 7.92. The van der Waals surface area contributed by atoms with E-state index in [-0.39, 0.29) is 12.4 Å². The molecule has 0 radical (unpaired) electrons. The fourth-order valence-corrected chi connectivity index (χ4v) is 2.16. The minimum Gasteiger partial charge on any atom is -0.397 e. The molecule has 0 bridgehead atoms. The van der Waals surface area contributed by atoms with E-state index in [9.17, 15) is 8.42 Å². The number of nitrogens with two attached hydrogens (primary N) is 1. The summed E-state index contributed by atoms with van der Waals surface area (Å²) >= 11 is 0. The zero-order valence-corrected chi connectivity index (χ0v) is 10.8. The molecule has 0 unspecified atom stereocenters. The van der Waals surface area contributed by atoms with Gasteiger partial charge in [0.05, 0.1) is 24.2 Å². The third-order valence-electron chi connectivity index (χ3n) is 2.05. The quantitative estimate of drug-likeness (QED) is 0.735. The van der Waals surface area contributed by atoms with Gasteiger partial charge >= 0.3 is 0 Å². The predicted molar refractivity (Wildman–Crippen MR) is 67.3 cm³/mol. The summed E-state index contributed by atoms with van der Waals surface area (Å²) in [5, 5.41) is 0. The first-order chi connectivity index (χ1) is 7.94. The number of hydrogen-bond acceptors (Lipinski definition) is 5. The van der Waals surface area contributed by atoms with Crippen molar-refractivity contribution in [2.45, 2.75) is 13.8 Å². The summed E-state index contributed by atoms with van der Waals surface area (Å²) < 4.78 is 30.7. The molecule has 0 amide bonds. The molecule has 0 atom stereocenters. The number of nitrogens with one attached hydrogen (secondary N) is 1. The zero-order valence-electron chi connectivity index (χ0n) is 9.93. The van der Waals surface area contributed by atoms with Crippen molar-refractivity contribution in [3.8, 4) is 0 Å². The molecule has 7 heteroatoms.